The average Bonchev–Trinajstić information content (AvgIpc) is 3.22. The SMILES string of the molecule is Cc1ccc(-c2cc(C(=O)N[C@@H](c3nc(C)no3)C(C)C)no2)cc1. The summed E-state index contributed by atoms with van der Waals surface area (Å²) in [6.07, 6.45) is 0. The van der Waals surface area contributed by atoms with Crippen molar-refractivity contribution in [1.82, 2.24) is 20.6 Å². The molecule has 0 bridgehead atoms. The number of amides is 1. The number of benzene rings is 1. The Bertz CT molecular complexity index is 865. The van der Waals surface area contributed by atoms with Gasteiger partial charge in [-0.1, -0.05) is 54.0 Å². The fraction of sp³-hybridized carbons (Fsp3) is 0.333. The van der Waals surface area contributed by atoms with E-state index >= 15 is 0 Å². The zero-order valence-electron chi connectivity index (χ0n) is 14.6. The normalized spacial score (nSPS) is 12.4. The molecular weight excluding hydrogens is 320 g/mol. The second kappa shape index (κ2) is 6.88. The highest BCUT2D eigenvalue weighted by Crippen LogP contribution is 2.23. The molecule has 3 rings (SSSR count). The van der Waals surface area contributed by atoms with Crippen LogP contribution in [0.4, 0.5) is 0 Å². The fourth-order valence-corrected chi connectivity index (χ4v) is 2.40. The number of nitrogens with zero attached hydrogens (tertiary/aromatic N) is 3. The first kappa shape index (κ1) is 16.9. The quantitative estimate of drug-likeness (QED) is 0.764. The van der Waals surface area contributed by atoms with Crippen molar-refractivity contribution in [2.45, 2.75) is 33.7 Å². The van der Waals surface area contributed by atoms with E-state index in [9.17, 15) is 4.79 Å². The van der Waals surface area contributed by atoms with Gasteiger partial charge in [-0.25, -0.2) is 0 Å². The zero-order valence-corrected chi connectivity index (χ0v) is 14.6. The lowest BCUT2D eigenvalue weighted by Gasteiger charge is -2.17. The lowest BCUT2D eigenvalue weighted by atomic mass is 10.0. The van der Waals surface area contributed by atoms with Crippen LogP contribution in [0.15, 0.2) is 39.4 Å². The highest BCUT2D eigenvalue weighted by molar-refractivity contribution is 5.93. The molecule has 130 valence electrons. The van der Waals surface area contributed by atoms with Crippen molar-refractivity contribution < 1.29 is 13.8 Å². The number of nitrogens with one attached hydrogen (secondary N) is 1. The van der Waals surface area contributed by atoms with Crippen LogP contribution >= 0.6 is 0 Å². The third kappa shape index (κ3) is 3.76. The number of hydrogen-bond donors (Lipinski definition) is 1. The molecule has 0 unspecified atom stereocenters. The van der Waals surface area contributed by atoms with Crippen molar-refractivity contribution in [3.8, 4) is 11.3 Å². The molecule has 0 spiro atoms. The van der Waals surface area contributed by atoms with Crippen molar-refractivity contribution in [2.24, 2.45) is 5.92 Å². The van der Waals surface area contributed by atoms with E-state index in [1.807, 2.05) is 45.0 Å². The van der Waals surface area contributed by atoms with Gasteiger partial charge in [0.2, 0.25) is 5.89 Å². The molecular formula is C18H20N4O3. The van der Waals surface area contributed by atoms with Gasteiger partial charge < -0.3 is 14.4 Å². The molecule has 0 aliphatic rings. The van der Waals surface area contributed by atoms with Gasteiger partial charge in [0, 0.05) is 11.6 Å². The van der Waals surface area contributed by atoms with Gasteiger partial charge in [-0.3, -0.25) is 4.79 Å². The van der Waals surface area contributed by atoms with E-state index in [0.717, 1.165) is 11.1 Å². The minimum absolute atomic E-state index is 0.0762. The Morgan fingerprint density at radius 2 is 1.80 bits per heavy atom. The summed E-state index contributed by atoms with van der Waals surface area (Å²) in [5.74, 6) is 1.17. The summed E-state index contributed by atoms with van der Waals surface area (Å²) in [7, 11) is 0. The third-order valence-corrected chi connectivity index (χ3v) is 3.84. The zero-order chi connectivity index (χ0) is 18.0. The molecule has 7 heteroatoms. The first-order valence-corrected chi connectivity index (χ1v) is 8.09. The van der Waals surface area contributed by atoms with E-state index in [1.165, 1.54) is 0 Å². The number of aryl methyl sites for hydroxylation is 2. The predicted molar refractivity (Wildman–Crippen MR) is 90.8 cm³/mol. The van der Waals surface area contributed by atoms with Gasteiger partial charge in [-0.05, 0) is 19.8 Å². The molecule has 1 amide bonds. The summed E-state index contributed by atoms with van der Waals surface area (Å²) < 4.78 is 10.5. The van der Waals surface area contributed by atoms with Crippen LogP contribution in [0.25, 0.3) is 11.3 Å². The Hall–Kier alpha value is -2.96. The highest BCUT2D eigenvalue weighted by Gasteiger charge is 2.26. The Labute approximate surface area is 145 Å². The summed E-state index contributed by atoms with van der Waals surface area (Å²) in [5.41, 5.74) is 2.22. The first-order chi connectivity index (χ1) is 11.9. The summed E-state index contributed by atoms with van der Waals surface area (Å²) >= 11 is 0. The molecule has 1 N–H and O–H groups in total. The van der Waals surface area contributed by atoms with Crippen LogP contribution in [0.5, 0.6) is 0 Å². The molecule has 0 saturated heterocycles. The third-order valence-electron chi connectivity index (χ3n) is 3.84. The molecule has 25 heavy (non-hydrogen) atoms. The standard InChI is InChI=1S/C18H20N4O3/c1-10(2)16(18-19-12(4)21-25-18)20-17(23)14-9-15(24-22-14)13-7-5-11(3)6-8-13/h5-10,16H,1-4H3,(H,20,23)/t16-/m1/s1. The Morgan fingerprint density at radius 3 is 2.40 bits per heavy atom. The topological polar surface area (TPSA) is 94.1 Å². The average molecular weight is 340 g/mol. The lowest BCUT2D eigenvalue weighted by Crippen LogP contribution is -2.32. The van der Waals surface area contributed by atoms with Crippen molar-refractivity contribution in [2.75, 3.05) is 0 Å². The lowest BCUT2D eigenvalue weighted by molar-refractivity contribution is 0.0904. The summed E-state index contributed by atoms with van der Waals surface area (Å²) in [6.45, 7) is 7.67. The van der Waals surface area contributed by atoms with Crippen molar-refractivity contribution in [3.05, 3.63) is 53.3 Å². The predicted octanol–water partition coefficient (Wildman–Crippen LogP) is 3.47. The number of aromatic nitrogens is 3. The van der Waals surface area contributed by atoms with Crippen LogP contribution in [-0.2, 0) is 0 Å². The Morgan fingerprint density at radius 1 is 1.08 bits per heavy atom. The Kier molecular flexibility index (Phi) is 4.65. The van der Waals surface area contributed by atoms with Crippen LogP contribution in [0, 0.1) is 19.8 Å². The van der Waals surface area contributed by atoms with Gasteiger partial charge >= 0.3 is 0 Å². The van der Waals surface area contributed by atoms with E-state index in [4.69, 9.17) is 9.05 Å². The molecule has 0 aliphatic carbocycles. The molecule has 0 fully saturated rings. The number of hydrogen-bond acceptors (Lipinski definition) is 6. The van der Waals surface area contributed by atoms with Gasteiger partial charge in [0.1, 0.15) is 6.04 Å². The first-order valence-electron chi connectivity index (χ1n) is 8.09. The Balaban J connectivity index is 1.77. The molecule has 2 aromatic heterocycles. The maximum Gasteiger partial charge on any atom is 0.274 e. The van der Waals surface area contributed by atoms with Gasteiger partial charge in [0.15, 0.2) is 17.3 Å². The minimum atomic E-state index is -0.395. The molecule has 1 atom stereocenters. The van der Waals surface area contributed by atoms with E-state index < -0.39 is 6.04 Å². The van der Waals surface area contributed by atoms with Gasteiger partial charge in [0.05, 0.1) is 0 Å². The fourth-order valence-electron chi connectivity index (χ4n) is 2.40. The van der Waals surface area contributed by atoms with Crippen LogP contribution in [0.1, 0.15) is 47.7 Å². The summed E-state index contributed by atoms with van der Waals surface area (Å²) in [6, 6.07) is 9.03. The number of carbonyl (C=O) groups excluding carboxylic acids is 1. The van der Waals surface area contributed by atoms with Gasteiger partial charge in [-0.15, -0.1) is 0 Å². The second-order valence-corrected chi connectivity index (χ2v) is 6.32. The van der Waals surface area contributed by atoms with E-state index in [2.05, 4.69) is 20.6 Å². The second-order valence-electron chi connectivity index (χ2n) is 6.32. The minimum Gasteiger partial charge on any atom is -0.355 e. The van der Waals surface area contributed by atoms with E-state index in [1.54, 1.807) is 13.0 Å². The molecule has 0 aliphatic heterocycles. The number of rotatable bonds is 5. The largest absolute Gasteiger partial charge is 0.355 e. The summed E-state index contributed by atoms with van der Waals surface area (Å²) in [5, 5.41) is 10.5. The molecule has 2 heterocycles. The van der Waals surface area contributed by atoms with Crippen LogP contribution < -0.4 is 5.32 Å². The van der Waals surface area contributed by atoms with Crippen molar-refractivity contribution in [3.63, 3.8) is 0 Å². The molecule has 7 nitrogen and oxygen atoms in total. The van der Waals surface area contributed by atoms with Crippen molar-refractivity contribution >= 4 is 5.91 Å². The van der Waals surface area contributed by atoms with E-state index in [-0.39, 0.29) is 17.5 Å². The highest BCUT2D eigenvalue weighted by atomic mass is 16.5. The van der Waals surface area contributed by atoms with Gasteiger partial charge in [0.25, 0.3) is 5.91 Å². The van der Waals surface area contributed by atoms with Crippen LogP contribution in [0.3, 0.4) is 0 Å². The maximum absolute atomic E-state index is 12.5. The van der Waals surface area contributed by atoms with Crippen LogP contribution in [0.2, 0.25) is 0 Å². The molecule has 0 radical (unpaired) electrons. The summed E-state index contributed by atoms with van der Waals surface area (Å²) in [4.78, 5) is 16.7. The molecule has 1 aromatic carbocycles. The smallest absolute Gasteiger partial charge is 0.274 e. The monoisotopic (exact) mass is 340 g/mol. The van der Waals surface area contributed by atoms with Gasteiger partial charge in [-0.2, -0.15) is 4.98 Å². The van der Waals surface area contributed by atoms with Crippen LogP contribution in [-0.4, -0.2) is 21.2 Å². The molecule has 0 saturated carbocycles. The molecule has 3 aromatic rings. The van der Waals surface area contributed by atoms with E-state index in [0.29, 0.717) is 17.5 Å². The maximum atomic E-state index is 12.5. The number of carbonyl (C=O) groups is 1. The van der Waals surface area contributed by atoms with Crippen molar-refractivity contribution in [1.29, 1.82) is 0 Å².